The largest absolute Gasteiger partial charge is 0.383 e. The summed E-state index contributed by atoms with van der Waals surface area (Å²) in [5.41, 5.74) is 2.44. The van der Waals surface area contributed by atoms with Crippen molar-refractivity contribution in [1.82, 2.24) is 15.2 Å². The van der Waals surface area contributed by atoms with Crippen molar-refractivity contribution in [1.29, 1.82) is 0 Å². The number of nitrogens with one attached hydrogen (secondary N) is 1. The Bertz CT molecular complexity index is 821. The zero-order valence-corrected chi connectivity index (χ0v) is 17.2. The van der Waals surface area contributed by atoms with Gasteiger partial charge in [-0.3, -0.25) is 9.69 Å². The van der Waals surface area contributed by atoms with E-state index in [1.165, 1.54) is 11.3 Å². The number of methoxy groups -OCH3 is 1. The van der Waals surface area contributed by atoms with Gasteiger partial charge >= 0.3 is 6.03 Å². The average molecular weight is 404 g/mol. The highest BCUT2D eigenvalue weighted by atomic mass is 32.1. The SMILES string of the molecule is COCCN1CCN(c2nc(C(=O)NCc3ccc(N(C)C)cc3)cs2)C1=O. The Kier molecular flexibility index (Phi) is 6.48. The molecular weight excluding hydrogens is 378 g/mol. The number of benzene rings is 1. The Labute approximate surface area is 168 Å². The van der Waals surface area contributed by atoms with Gasteiger partial charge in [-0.25, -0.2) is 9.78 Å². The summed E-state index contributed by atoms with van der Waals surface area (Å²) >= 11 is 1.30. The maximum Gasteiger partial charge on any atom is 0.326 e. The van der Waals surface area contributed by atoms with Crippen LogP contribution in [0.3, 0.4) is 0 Å². The summed E-state index contributed by atoms with van der Waals surface area (Å²) < 4.78 is 5.03. The Morgan fingerprint density at radius 3 is 2.71 bits per heavy atom. The summed E-state index contributed by atoms with van der Waals surface area (Å²) in [6.07, 6.45) is 0. The number of urea groups is 1. The molecule has 0 aliphatic carbocycles. The van der Waals surface area contributed by atoms with Gasteiger partial charge in [0.05, 0.1) is 6.61 Å². The number of rotatable bonds is 8. The minimum absolute atomic E-state index is 0.0978. The molecule has 2 heterocycles. The molecule has 1 aromatic heterocycles. The van der Waals surface area contributed by atoms with Crippen molar-refractivity contribution >= 4 is 34.1 Å². The number of aromatic nitrogens is 1. The number of carbonyl (C=O) groups excluding carboxylic acids is 2. The third-order valence-corrected chi connectivity index (χ3v) is 5.39. The zero-order valence-electron chi connectivity index (χ0n) is 16.3. The Morgan fingerprint density at radius 2 is 2.04 bits per heavy atom. The topological polar surface area (TPSA) is 78.0 Å². The van der Waals surface area contributed by atoms with E-state index in [2.05, 4.69) is 10.3 Å². The van der Waals surface area contributed by atoms with Gasteiger partial charge in [-0.2, -0.15) is 0 Å². The van der Waals surface area contributed by atoms with Crippen molar-refractivity contribution in [3.63, 3.8) is 0 Å². The Morgan fingerprint density at radius 1 is 1.29 bits per heavy atom. The molecule has 28 heavy (non-hydrogen) atoms. The van der Waals surface area contributed by atoms with Crippen molar-refractivity contribution in [2.75, 3.05) is 57.2 Å². The Hall–Kier alpha value is -2.65. The second-order valence-corrected chi connectivity index (χ2v) is 7.51. The van der Waals surface area contributed by atoms with Crippen LogP contribution < -0.4 is 15.1 Å². The van der Waals surface area contributed by atoms with E-state index in [0.717, 1.165) is 11.3 Å². The third-order valence-electron chi connectivity index (χ3n) is 4.52. The summed E-state index contributed by atoms with van der Waals surface area (Å²) in [6.45, 7) is 2.67. The van der Waals surface area contributed by atoms with E-state index in [0.29, 0.717) is 43.6 Å². The highest BCUT2D eigenvalue weighted by Crippen LogP contribution is 2.24. The van der Waals surface area contributed by atoms with Gasteiger partial charge in [-0.05, 0) is 17.7 Å². The number of amides is 3. The fourth-order valence-corrected chi connectivity index (χ4v) is 3.67. The molecule has 0 radical (unpaired) electrons. The van der Waals surface area contributed by atoms with Crippen LogP contribution in [0.1, 0.15) is 16.1 Å². The van der Waals surface area contributed by atoms with Crippen molar-refractivity contribution in [3.05, 3.63) is 40.9 Å². The molecule has 0 unspecified atom stereocenters. The smallest absolute Gasteiger partial charge is 0.326 e. The van der Waals surface area contributed by atoms with Crippen LogP contribution in [0.25, 0.3) is 0 Å². The molecule has 0 bridgehead atoms. The van der Waals surface area contributed by atoms with Crippen LogP contribution in [-0.2, 0) is 11.3 Å². The summed E-state index contributed by atoms with van der Waals surface area (Å²) in [6, 6.07) is 7.89. The zero-order chi connectivity index (χ0) is 20.1. The highest BCUT2D eigenvalue weighted by Gasteiger charge is 2.31. The first-order chi connectivity index (χ1) is 13.5. The molecule has 1 N–H and O–H groups in total. The first-order valence-corrected chi connectivity index (χ1v) is 9.93. The molecule has 1 fully saturated rings. The van der Waals surface area contributed by atoms with Crippen molar-refractivity contribution in [2.45, 2.75) is 6.54 Å². The molecule has 1 aliphatic rings. The maximum absolute atomic E-state index is 12.4. The van der Waals surface area contributed by atoms with E-state index < -0.39 is 0 Å². The van der Waals surface area contributed by atoms with Gasteiger partial charge in [0.25, 0.3) is 5.91 Å². The molecule has 0 saturated carbocycles. The number of ether oxygens (including phenoxy) is 1. The molecule has 1 saturated heterocycles. The lowest BCUT2D eigenvalue weighted by Crippen LogP contribution is -2.33. The van der Waals surface area contributed by atoms with Crippen molar-refractivity contribution in [3.8, 4) is 0 Å². The van der Waals surface area contributed by atoms with Crippen LogP contribution in [-0.4, -0.2) is 69.3 Å². The van der Waals surface area contributed by atoms with Gasteiger partial charge in [0.2, 0.25) is 0 Å². The second-order valence-electron chi connectivity index (χ2n) is 6.67. The Balaban J connectivity index is 1.56. The van der Waals surface area contributed by atoms with Gasteiger partial charge in [-0.15, -0.1) is 11.3 Å². The molecule has 3 amide bonds. The fraction of sp³-hybridized carbons (Fsp3) is 0.421. The van der Waals surface area contributed by atoms with Gasteiger partial charge in [0.15, 0.2) is 5.13 Å². The molecule has 1 aromatic carbocycles. The molecule has 3 rings (SSSR count). The molecule has 9 heteroatoms. The van der Waals surface area contributed by atoms with Gasteiger partial charge < -0.3 is 19.9 Å². The van der Waals surface area contributed by atoms with Crippen LogP contribution >= 0.6 is 11.3 Å². The molecule has 0 spiro atoms. The molecule has 2 aromatic rings. The summed E-state index contributed by atoms with van der Waals surface area (Å²) in [5, 5.41) is 5.11. The number of hydrogen-bond donors (Lipinski definition) is 1. The highest BCUT2D eigenvalue weighted by molar-refractivity contribution is 7.14. The number of nitrogens with zero attached hydrogens (tertiary/aromatic N) is 4. The normalized spacial score (nSPS) is 13.9. The first-order valence-electron chi connectivity index (χ1n) is 9.05. The lowest BCUT2D eigenvalue weighted by molar-refractivity contribution is 0.0946. The molecule has 1 aliphatic heterocycles. The van der Waals surface area contributed by atoms with Crippen LogP contribution in [0.2, 0.25) is 0 Å². The maximum atomic E-state index is 12.4. The molecule has 0 atom stereocenters. The average Bonchev–Trinajstić information content (AvgIpc) is 3.31. The summed E-state index contributed by atoms with van der Waals surface area (Å²) in [5.74, 6) is -0.248. The van der Waals surface area contributed by atoms with Crippen molar-refractivity contribution in [2.24, 2.45) is 0 Å². The lowest BCUT2D eigenvalue weighted by atomic mass is 10.2. The number of hydrogen-bond acceptors (Lipinski definition) is 6. The van der Waals surface area contributed by atoms with E-state index in [1.54, 1.807) is 22.3 Å². The minimum atomic E-state index is -0.248. The molecule has 150 valence electrons. The predicted molar refractivity (Wildman–Crippen MR) is 110 cm³/mol. The number of anilines is 2. The van der Waals surface area contributed by atoms with Crippen LogP contribution in [0.15, 0.2) is 29.6 Å². The second kappa shape index (κ2) is 9.03. The van der Waals surface area contributed by atoms with Crippen LogP contribution in [0.5, 0.6) is 0 Å². The van der Waals surface area contributed by atoms with E-state index >= 15 is 0 Å². The van der Waals surface area contributed by atoms with Crippen molar-refractivity contribution < 1.29 is 14.3 Å². The van der Waals surface area contributed by atoms with E-state index in [4.69, 9.17) is 4.74 Å². The van der Waals surface area contributed by atoms with Gasteiger partial charge in [0, 0.05) is 58.5 Å². The van der Waals surface area contributed by atoms with Crippen LogP contribution in [0, 0.1) is 0 Å². The molecule has 8 nitrogen and oxygen atoms in total. The van der Waals surface area contributed by atoms with E-state index in [9.17, 15) is 9.59 Å². The van der Waals surface area contributed by atoms with Gasteiger partial charge in [-0.1, -0.05) is 12.1 Å². The predicted octanol–water partition coefficient (Wildman–Crippen LogP) is 2.03. The lowest BCUT2D eigenvalue weighted by Gasteiger charge is -2.16. The van der Waals surface area contributed by atoms with E-state index in [1.807, 2.05) is 43.3 Å². The minimum Gasteiger partial charge on any atom is -0.383 e. The third kappa shape index (κ3) is 4.60. The monoisotopic (exact) mass is 403 g/mol. The fourth-order valence-electron chi connectivity index (χ4n) is 2.85. The van der Waals surface area contributed by atoms with E-state index in [-0.39, 0.29) is 11.9 Å². The standard InChI is InChI=1S/C19H25N5O3S/c1-22(2)15-6-4-14(5-7-15)12-20-17(25)16-13-28-18(21-16)24-9-8-23(19(24)26)10-11-27-3/h4-7,13H,8-12H2,1-3H3,(H,20,25). The summed E-state index contributed by atoms with van der Waals surface area (Å²) in [7, 11) is 5.58. The summed E-state index contributed by atoms with van der Waals surface area (Å²) in [4.78, 5) is 34.5. The van der Waals surface area contributed by atoms with Gasteiger partial charge in [0.1, 0.15) is 5.69 Å². The van der Waals surface area contributed by atoms with Crippen LogP contribution in [0.4, 0.5) is 15.6 Å². The number of carbonyl (C=O) groups is 2. The molecular formula is C19H25N5O3S. The quantitative estimate of drug-likeness (QED) is 0.730. The first kappa shape index (κ1) is 20.1. The number of thiazole rings is 1.